The Kier molecular flexibility index (Phi) is 4.62. The number of benzene rings is 1. The Balaban J connectivity index is 1.91. The van der Waals surface area contributed by atoms with Gasteiger partial charge in [0.2, 0.25) is 10.0 Å². The van der Waals surface area contributed by atoms with Gasteiger partial charge in [0.05, 0.1) is 5.75 Å². The number of nitrogens with zero attached hydrogens (tertiary/aromatic N) is 1. The highest BCUT2D eigenvalue weighted by Crippen LogP contribution is 2.19. The fraction of sp³-hybridized carbons (Fsp3) is 0.467. The average molecular weight is 277 g/mol. The van der Waals surface area contributed by atoms with Gasteiger partial charge in [0, 0.05) is 19.0 Å². The monoisotopic (exact) mass is 277 g/mol. The molecule has 2 rings (SSSR count). The van der Waals surface area contributed by atoms with E-state index >= 15 is 0 Å². The lowest BCUT2D eigenvalue weighted by Gasteiger charge is -2.28. The zero-order valence-electron chi connectivity index (χ0n) is 11.0. The van der Waals surface area contributed by atoms with Gasteiger partial charge in [0.1, 0.15) is 0 Å². The third-order valence-electron chi connectivity index (χ3n) is 3.57. The van der Waals surface area contributed by atoms with E-state index in [-0.39, 0.29) is 11.7 Å². The first-order chi connectivity index (χ1) is 9.12. The van der Waals surface area contributed by atoms with E-state index in [2.05, 4.69) is 5.92 Å². The smallest absolute Gasteiger partial charge is 0.212 e. The van der Waals surface area contributed by atoms with Crippen molar-refractivity contribution < 1.29 is 8.42 Å². The molecule has 0 unspecified atom stereocenters. The third kappa shape index (κ3) is 3.82. The van der Waals surface area contributed by atoms with Crippen molar-refractivity contribution in [1.29, 1.82) is 0 Å². The first kappa shape index (κ1) is 14.1. The lowest BCUT2D eigenvalue weighted by Crippen LogP contribution is -2.39. The molecule has 1 saturated heterocycles. The van der Waals surface area contributed by atoms with Crippen molar-refractivity contribution in [2.24, 2.45) is 5.92 Å². The molecule has 1 aliphatic rings. The van der Waals surface area contributed by atoms with Crippen molar-refractivity contribution in [3.8, 4) is 12.3 Å². The summed E-state index contributed by atoms with van der Waals surface area (Å²) in [6, 6.07) is 9.71. The molecular formula is C15H19NO2S. The lowest BCUT2D eigenvalue weighted by molar-refractivity contribution is 0.311. The molecule has 1 aliphatic heterocycles. The van der Waals surface area contributed by atoms with Crippen molar-refractivity contribution in [2.75, 3.05) is 18.8 Å². The molecule has 102 valence electrons. The van der Waals surface area contributed by atoms with E-state index < -0.39 is 10.0 Å². The minimum atomic E-state index is -3.15. The second kappa shape index (κ2) is 6.23. The molecule has 0 amide bonds. The van der Waals surface area contributed by atoms with Crippen molar-refractivity contribution in [1.82, 2.24) is 4.31 Å². The summed E-state index contributed by atoms with van der Waals surface area (Å²) in [4.78, 5) is 0. The number of aryl methyl sites for hydroxylation is 1. The number of piperidine rings is 1. The van der Waals surface area contributed by atoms with E-state index in [4.69, 9.17) is 6.42 Å². The third-order valence-corrected chi connectivity index (χ3v) is 5.45. The SMILES string of the molecule is C#CC1CCN(S(=O)(=O)CCc2ccccc2)CC1. The van der Waals surface area contributed by atoms with Crippen LogP contribution in [0.1, 0.15) is 18.4 Å². The van der Waals surface area contributed by atoms with E-state index in [9.17, 15) is 8.42 Å². The van der Waals surface area contributed by atoms with E-state index in [0.717, 1.165) is 18.4 Å². The second-order valence-electron chi connectivity index (χ2n) is 4.89. The Hall–Kier alpha value is -1.31. The largest absolute Gasteiger partial charge is 0.214 e. The van der Waals surface area contributed by atoms with Gasteiger partial charge in [-0.05, 0) is 24.8 Å². The Morgan fingerprint density at radius 1 is 1.21 bits per heavy atom. The summed E-state index contributed by atoms with van der Waals surface area (Å²) in [6.07, 6.45) is 7.50. The molecule has 0 saturated carbocycles. The number of rotatable bonds is 4. The van der Waals surface area contributed by atoms with Gasteiger partial charge < -0.3 is 0 Å². The van der Waals surface area contributed by atoms with Crippen LogP contribution in [0, 0.1) is 18.3 Å². The maximum Gasteiger partial charge on any atom is 0.214 e. The predicted molar refractivity (Wildman–Crippen MR) is 77.1 cm³/mol. The minimum Gasteiger partial charge on any atom is -0.212 e. The van der Waals surface area contributed by atoms with Gasteiger partial charge in [-0.2, -0.15) is 0 Å². The molecule has 0 aromatic heterocycles. The van der Waals surface area contributed by atoms with Crippen molar-refractivity contribution >= 4 is 10.0 Å². The maximum absolute atomic E-state index is 12.2. The summed E-state index contributed by atoms with van der Waals surface area (Å²) in [5.74, 6) is 3.13. The van der Waals surface area contributed by atoms with Crippen LogP contribution in [0.3, 0.4) is 0 Å². The predicted octanol–water partition coefficient (Wildman–Crippen LogP) is 1.90. The topological polar surface area (TPSA) is 37.4 Å². The summed E-state index contributed by atoms with van der Waals surface area (Å²) in [6.45, 7) is 1.12. The quantitative estimate of drug-likeness (QED) is 0.788. The molecule has 0 aliphatic carbocycles. The van der Waals surface area contributed by atoms with Gasteiger partial charge in [0.15, 0.2) is 0 Å². The minimum absolute atomic E-state index is 0.178. The maximum atomic E-state index is 12.2. The zero-order valence-corrected chi connectivity index (χ0v) is 11.8. The van der Waals surface area contributed by atoms with Crippen LogP contribution in [0.2, 0.25) is 0 Å². The van der Waals surface area contributed by atoms with E-state index in [1.165, 1.54) is 0 Å². The second-order valence-corrected chi connectivity index (χ2v) is 6.98. The van der Waals surface area contributed by atoms with Gasteiger partial charge >= 0.3 is 0 Å². The van der Waals surface area contributed by atoms with Gasteiger partial charge in [-0.25, -0.2) is 12.7 Å². The molecule has 0 N–H and O–H groups in total. The summed E-state index contributed by atoms with van der Waals surface area (Å²) < 4.78 is 26.0. The van der Waals surface area contributed by atoms with Gasteiger partial charge in [-0.3, -0.25) is 0 Å². The first-order valence-corrected chi connectivity index (χ1v) is 8.20. The summed E-state index contributed by atoms with van der Waals surface area (Å²) in [5.41, 5.74) is 1.06. The number of hydrogen-bond acceptors (Lipinski definition) is 2. The lowest BCUT2D eigenvalue weighted by atomic mass is 10.00. The van der Waals surface area contributed by atoms with Crippen LogP contribution >= 0.6 is 0 Å². The van der Waals surface area contributed by atoms with Crippen molar-refractivity contribution in [3.63, 3.8) is 0 Å². The number of hydrogen-bond donors (Lipinski definition) is 0. The fourth-order valence-electron chi connectivity index (χ4n) is 2.32. The van der Waals surface area contributed by atoms with Crippen LogP contribution in [0.15, 0.2) is 30.3 Å². The summed E-state index contributed by atoms with van der Waals surface area (Å²) in [7, 11) is -3.15. The zero-order chi connectivity index (χ0) is 13.7. The molecule has 1 heterocycles. The molecule has 1 aromatic carbocycles. The molecule has 19 heavy (non-hydrogen) atoms. The van der Waals surface area contributed by atoms with E-state index in [0.29, 0.717) is 19.5 Å². The normalized spacial score (nSPS) is 18.1. The van der Waals surface area contributed by atoms with Gasteiger partial charge in [0.25, 0.3) is 0 Å². The highest BCUT2D eigenvalue weighted by molar-refractivity contribution is 7.89. The molecule has 3 nitrogen and oxygen atoms in total. The molecule has 4 heteroatoms. The number of terminal acetylenes is 1. The fourth-order valence-corrected chi connectivity index (χ4v) is 3.84. The van der Waals surface area contributed by atoms with Crippen LogP contribution in [0.5, 0.6) is 0 Å². The molecular weight excluding hydrogens is 258 g/mol. The van der Waals surface area contributed by atoms with Crippen LogP contribution in [0.4, 0.5) is 0 Å². The molecule has 1 fully saturated rings. The van der Waals surface area contributed by atoms with Crippen LogP contribution in [-0.2, 0) is 16.4 Å². The molecule has 0 bridgehead atoms. The van der Waals surface area contributed by atoms with Crippen molar-refractivity contribution in [2.45, 2.75) is 19.3 Å². The summed E-state index contributed by atoms with van der Waals surface area (Å²) in [5, 5.41) is 0. The number of sulfonamides is 1. The van der Waals surface area contributed by atoms with Gasteiger partial charge in [-0.1, -0.05) is 30.3 Å². The highest BCUT2D eigenvalue weighted by atomic mass is 32.2. The molecule has 1 aromatic rings. The van der Waals surface area contributed by atoms with Gasteiger partial charge in [-0.15, -0.1) is 12.3 Å². The Morgan fingerprint density at radius 3 is 2.42 bits per heavy atom. The van der Waals surface area contributed by atoms with E-state index in [1.807, 2.05) is 30.3 Å². The standard InChI is InChI=1S/C15H19NO2S/c1-2-14-8-11-16(12-9-14)19(17,18)13-10-15-6-4-3-5-7-15/h1,3-7,14H,8-13H2. The summed E-state index contributed by atoms with van der Waals surface area (Å²) >= 11 is 0. The molecule has 0 radical (unpaired) electrons. The van der Waals surface area contributed by atoms with E-state index in [1.54, 1.807) is 4.31 Å². The van der Waals surface area contributed by atoms with Crippen LogP contribution in [-0.4, -0.2) is 31.6 Å². The highest BCUT2D eigenvalue weighted by Gasteiger charge is 2.26. The first-order valence-electron chi connectivity index (χ1n) is 6.60. The Labute approximate surface area is 115 Å². The molecule has 0 atom stereocenters. The van der Waals surface area contributed by atoms with Crippen LogP contribution in [0.25, 0.3) is 0 Å². The Morgan fingerprint density at radius 2 is 1.84 bits per heavy atom. The van der Waals surface area contributed by atoms with Crippen LogP contribution < -0.4 is 0 Å². The molecule has 0 spiro atoms. The average Bonchev–Trinajstić information content (AvgIpc) is 2.46. The Bertz CT molecular complexity index is 537. The van der Waals surface area contributed by atoms with Crippen molar-refractivity contribution in [3.05, 3.63) is 35.9 Å².